The molecule has 0 radical (unpaired) electrons. The number of hydrazone groups is 1. The SMILES string of the molecule is O=C1CNC(=O)N1N=Cc1ccc(-c2ccc([N+](=O)[O-])cc2)o1. The van der Waals surface area contributed by atoms with Crippen LogP contribution in [-0.2, 0) is 4.79 Å². The summed E-state index contributed by atoms with van der Waals surface area (Å²) in [5, 5.41) is 17.4. The average molecular weight is 314 g/mol. The number of hydrogen-bond acceptors (Lipinski definition) is 6. The summed E-state index contributed by atoms with van der Waals surface area (Å²) in [5.74, 6) is 0.373. The van der Waals surface area contributed by atoms with E-state index in [9.17, 15) is 19.7 Å². The van der Waals surface area contributed by atoms with Crippen LogP contribution in [0.15, 0.2) is 45.9 Å². The third-order valence-electron chi connectivity index (χ3n) is 3.11. The maximum absolute atomic E-state index is 11.4. The van der Waals surface area contributed by atoms with Gasteiger partial charge in [-0.05, 0) is 24.3 Å². The Bertz CT molecular complexity index is 793. The van der Waals surface area contributed by atoms with Crippen molar-refractivity contribution in [1.29, 1.82) is 0 Å². The molecule has 1 aliphatic heterocycles. The van der Waals surface area contributed by atoms with Gasteiger partial charge in [-0.15, -0.1) is 5.01 Å². The van der Waals surface area contributed by atoms with Crippen molar-refractivity contribution in [2.75, 3.05) is 6.54 Å². The van der Waals surface area contributed by atoms with Crippen molar-refractivity contribution in [2.45, 2.75) is 0 Å². The van der Waals surface area contributed by atoms with Crippen LogP contribution in [0, 0.1) is 10.1 Å². The van der Waals surface area contributed by atoms with Gasteiger partial charge in [0.2, 0.25) is 0 Å². The highest BCUT2D eigenvalue weighted by atomic mass is 16.6. The van der Waals surface area contributed by atoms with Gasteiger partial charge in [0.1, 0.15) is 18.1 Å². The van der Waals surface area contributed by atoms with Gasteiger partial charge in [0, 0.05) is 17.7 Å². The highest BCUT2D eigenvalue weighted by Crippen LogP contribution is 2.24. The number of nitrogens with zero attached hydrogens (tertiary/aromatic N) is 3. The van der Waals surface area contributed by atoms with Crippen LogP contribution in [0.3, 0.4) is 0 Å². The smallest absolute Gasteiger partial charge is 0.345 e. The van der Waals surface area contributed by atoms with Gasteiger partial charge in [-0.2, -0.15) is 5.10 Å². The number of hydrogen-bond donors (Lipinski definition) is 1. The summed E-state index contributed by atoms with van der Waals surface area (Å²) in [6.07, 6.45) is 1.25. The zero-order valence-electron chi connectivity index (χ0n) is 11.6. The number of carbonyl (C=O) groups excluding carboxylic acids is 2. The highest BCUT2D eigenvalue weighted by molar-refractivity contribution is 6.02. The van der Waals surface area contributed by atoms with E-state index in [1.807, 2.05) is 0 Å². The molecule has 23 heavy (non-hydrogen) atoms. The lowest BCUT2D eigenvalue weighted by Gasteiger charge is -2.02. The lowest BCUT2D eigenvalue weighted by Crippen LogP contribution is -2.25. The quantitative estimate of drug-likeness (QED) is 0.399. The fraction of sp³-hybridized carbons (Fsp3) is 0.0714. The predicted octanol–water partition coefficient (Wildman–Crippen LogP) is 1.74. The molecular formula is C14H10N4O5. The first-order valence-corrected chi connectivity index (χ1v) is 6.54. The van der Waals surface area contributed by atoms with Gasteiger partial charge in [-0.3, -0.25) is 14.9 Å². The van der Waals surface area contributed by atoms with Crippen molar-refractivity contribution in [1.82, 2.24) is 10.3 Å². The van der Waals surface area contributed by atoms with Crippen LogP contribution < -0.4 is 5.32 Å². The summed E-state index contributed by atoms with van der Waals surface area (Å²) in [5.41, 5.74) is 0.644. The number of urea groups is 1. The van der Waals surface area contributed by atoms with E-state index in [2.05, 4.69) is 10.4 Å². The molecule has 1 aromatic heterocycles. The van der Waals surface area contributed by atoms with E-state index in [1.165, 1.54) is 18.3 Å². The largest absolute Gasteiger partial charge is 0.455 e. The first-order valence-electron chi connectivity index (χ1n) is 6.54. The highest BCUT2D eigenvalue weighted by Gasteiger charge is 2.27. The Morgan fingerprint density at radius 1 is 1.22 bits per heavy atom. The lowest BCUT2D eigenvalue weighted by atomic mass is 10.1. The zero-order valence-corrected chi connectivity index (χ0v) is 11.6. The van der Waals surface area contributed by atoms with Crippen molar-refractivity contribution in [3.8, 4) is 11.3 Å². The van der Waals surface area contributed by atoms with Crippen molar-refractivity contribution >= 4 is 23.8 Å². The fourth-order valence-electron chi connectivity index (χ4n) is 1.97. The Morgan fingerprint density at radius 3 is 2.57 bits per heavy atom. The monoisotopic (exact) mass is 314 g/mol. The fourth-order valence-corrected chi connectivity index (χ4v) is 1.97. The van der Waals surface area contributed by atoms with Crippen LogP contribution in [0.25, 0.3) is 11.3 Å². The zero-order chi connectivity index (χ0) is 16.4. The number of non-ortho nitro benzene ring substituents is 1. The number of amides is 3. The molecule has 2 aromatic rings. The second kappa shape index (κ2) is 5.72. The third-order valence-corrected chi connectivity index (χ3v) is 3.11. The van der Waals surface area contributed by atoms with Crippen LogP contribution in [-0.4, -0.2) is 34.6 Å². The topological polar surface area (TPSA) is 118 Å². The summed E-state index contributed by atoms with van der Waals surface area (Å²) in [6, 6.07) is 8.56. The number of benzene rings is 1. The molecule has 0 saturated carbocycles. The number of nitro benzene ring substituents is 1. The van der Waals surface area contributed by atoms with Gasteiger partial charge >= 0.3 is 6.03 Å². The van der Waals surface area contributed by atoms with Crippen LogP contribution >= 0.6 is 0 Å². The van der Waals surface area contributed by atoms with E-state index in [0.29, 0.717) is 22.1 Å². The first-order chi connectivity index (χ1) is 11.0. The van der Waals surface area contributed by atoms with E-state index in [1.54, 1.807) is 24.3 Å². The van der Waals surface area contributed by atoms with E-state index in [0.717, 1.165) is 0 Å². The average Bonchev–Trinajstić information content (AvgIpc) is 3.13. The molecular weight excluding hydrogens is 304 g/mol. The molecule has 1 aliphatic rings. The Kier molecular flexibility index (Phi) is 3.59. The Hall–Kier alpha value is -3.49. The van der Waals surface area contributed by atoms with Crippen LogP contribution in [0.1, 0.15) is 5.76 Å². The van der Waals surface area contributed by atoms with Crippen molar-refractivity contribution < 1.29 is 18.9 Å². The normalized spacial score (nSPS) is 14.5. The van der Waals surface area contributed by atoms with E-state index >= 15 is 0 Å². The molecule has 0 atom stereocenters. The number of imide groups is 1. The molecule has 0 bridgehead atoms. The third kappa shape index (κ3) is 2.93. The molecule has 0 unspecified atom stereocenters. The van der Waals surface area contributed by atoms with Crippen molar-refractivity contribution in [3.63, 3.8) is 0 Å². The van der Waals surface area contributed by atoms with Crippen LogP contribution in [0.2, 0.25) is 0 Å². The molecule has 1 saturated heterocycles. The second-order valence-electron chi connectivity index (χ2n) is 4.61. The minimum absolute atomic E-state index is 0.0133. The maximum atomic E-state index is 11.4. The van der Waals surface area contributed by atoms with Gasteiger partial charge < -0.3 is 9.73 Å². The second-order valence-corrected chi connectivity index (χ2v) is 4.61. The molecule has 2 heterocycles. The molecule has 9 nitrogen and oxygen atoms in total. The minimum Gasteiger partial charge on any atom is -0.455 e. The van der Waals surface area contributed by atoms with Crippen LogP contribution in [0.4, 0.5) is 10.5 Å². The number of carbonyl (C=O) groups is 2. The Balaban J connectivity index is 1.76. The standard InChI is InChI=1S/C14H10N4O5/c19-13-8-15-14(20)17(13)16-7-11-5-6-12(23-11)9-1-3-10(4-2-9)18(21)22/h1-7H,8H2,(H,15,20). The van der Waals surface area contributed by atoms with Crippen molar-refractivity contribution in [2.24, 2.45) is 5.10 Å². The number of rotatable bonds is 4. The van der Waals surface area contributed by atoms with E-state index < -0.39 is 16.9 Å². The molecule has 0 aliphatic carbocycles. The summed E-state index contributed by atoms with van der Waals surface area (Å²) in [7, 11) is 0. The number of nitrogens with one attached hydrogen (secondary N) is 1. The Morgan fingerprint density at radius 2 is 1.96 bits per heavy atom. The lowest BCUT2D eigenvalue weighted by molar-refractivity contribution is -0.384. The molecule has 9 heteroatoms. The predicted molar refractivity (Wildman–Crippen MR) is 78.6 cm³/mol. The van der Waals surface area contributed by atoms with Gasteiger partial charge in [0.05, 0.1) is 11.1 Å². The van der Waals surface area contributed by atoms with E-state index in [4.69, 9.17) is 4.42 Å². The van der Waals surface area contributed by atoms with Gasteiger partial charge in [0.25, 0.3) is 11.6 Å². The molecule has 3 amide bonds. The molecule has 1 N–H and O–H groups in total. The molecule has 3 rings (SSSR count). The van der Waals surface area contributed by atoms with Crippen LogP contribution in [0.5, 0.6) is 0 Å². The Labute approximate surface area is 129 Å². The summed E-state index contributed by atoms with van der Waals surface area (Å²) in [4.78, 5) is 32.8. The maximum Gasteiger partial charge on any atom is 0.345 e. The molecule has 0 spiro atoms. The summed E-state index contributed by atoms with van der Waals surface area (Å²) < 4.78 is 5.51. The van der Waals surface area contributed by atoms with Gasteiger partial charge in [-0.25, -0.2) is 4.79 Å². The number of furan rings is 1. The summed E-state index contributed by atoms with van der Waals surface area (Å²) >= 11 is 0. The van der Waals surface area contributed by atoms with Gasteiger partial charge in [-0.1, -0.05) is 0 Å². The summed E-state index contributed by atoms with van der Waals surface area (Å²) in [6.45, 7) is -0.0810. The van der Waals surface area contributed by atoms with E-state index in [-0.39, 0.29) is 12.2 Å². The molecule has 1 aromatic carbocycles. The minimum atomic E-state index is -0.589. The molecule has 1 fully saturated rings. The number of nitro groups is 1. The molecule has 116 valence electrons. The first kappa shape index (κ1) is 14.4. The van der Waals surface area contributed by atoms with Gasteiger partial charge in [0.15, 0.2) is 0 Å². The van der Waals surface area contributed by atoms with Crippen molar-refractivity contribution in [3.05, 3.63) is 52.3 Å².